The summed E-state index contributed by atoms with van der Waals surface area (Å²) in [6.07, 6.45) is 4.87. The Kier molecular flexibility index (Phi) is 7.03. The van der Waals surface area contributed by atoms with Crippen LogP contribution >= 0.6 is 11.6 Å². The van der Waals surface area contributed by atoms with Crippen LogP contribution in [0.1, 0.15) is 29.5 Å². The highest BCUT2D eigenvalue weighted by atomic mass is 35.5. The van der Waals surface area contributed by atoms with E-state index in [1.807, 2.05) is 41.3 Å². The predicted octanol–water partition coefficient (Wildman–Crippen LogP) is 5.46. The number of nitrogens with zero attached hydrogens (tertiary/aromatic N) is 1. The van der Waals surface area contributed by atoms with Gasteiger partial charge in [-0.3, -0.25) is 9.59 Å². The molecular weight excluding hydrogens is 420 g/mol. The lowest BCUT2D eigenvalue weighted by Crippen LogP contribution is -2.23. The van der Waals surface area contributed by atoms with Crippen LogP contribution in [0.3, 0.4) is 0 Å². The summed E-state index contributed by atoms with van der Waals surface area (Å²) in [7, 11) is 0. The van der Waals surface area contributed by atoms with E-state index >= 15 is 0 Å². The van der Waals surface area contributed by atoms with Gasteiger partial charge in [0, 0.05) is 37.2 Å². The minimum Gasteiger partial charge on any atom is -0.348 e. The molecule has 0 unspecified atom stereocenters. The summed E-state index contributed by atoms with van der Waals surface area (Å²) in [5.74, 6) is 0.0741. The fourth-order valence-corrected chi connectivity index (χ4v) is 4.06. The summed E-state index contributed by atoms with van der Waals surface area (Å²) >= 11 is 5.98. The van der Waals surface area contributed by atoms with Gasteiger partial charge in [-0.2, -0.15) is 0 Å². The number of carbonyl (C=O) groups excluding carboxylic acids is 2. The summed E-state index contributed by atoms with van der Waals surface area (Å²) < 4.78 is 0. The first-order chi connectivity index (χ1) is 15.6. The van der Waals surface area contributed by atoms with Crippen molar-refractivity contribution in [3.63, 3.8) is 0 Å². The molecule has 2 amide bonds. The Morgan fingerprint density at radius 1 is 1.03 bits per heavy atom. The van der Waals surface area contributed by atoms with Crippen molar-refractivity contribution in [1.82, 2.24) is 10.2 Å². The predicted molar refractivity (Wildman–Crippen MR) is 129 cm³/mol. The summed E-state index contributed by atoms with van der Waals surface area (Å²) in [5.41, 5.74) is 5.21. The topological polar surface area (TPSA) is 49.4 Å². The van der Waals surface area contributed by atoms with E-state index in [0.29, 0.717) is 24.5 Å². The van der Waals surface area contributed by atoms with Gasteiger partial charge in [0.15, 0.2) is 0 Å². The average Bonchev–Trinajstić information content (AvgIpc) is 3.21. The standard InChI is InChI=1S/C27H25ClN2O2/c28-24-7-3-5-20(17-24)12-15-26(31)29-18-23-6-1-2-8-25(23)22-13-10-21(11-14-22)19-30-16-4-9-27(30)32/h1-3,5-8,10-15,17H,4,9,16,18-19H2,(H,29,31)/b15-12+. The average molecular weight is 445 g/mol. The molecule has 0 saturated carbocycles. The van der Waals surface area contributed by atoms with E-state index in [-0.39, 0.29) is 11.8 Å². The first kappa shape index (κ1) is 21.8. The second-order valence-corrected chi connectivity index (χ2v) is 8.32. The van der Waals surface area contributed by atoms with Crippen molar-refractivity contribution in [2.24, 2.45) is 0 Å². The quantitative estimate of drug-likeness (QED) is 0.492. The molecule has 0 spiro atoms. The van der Waals surface area contributed by atoms with Crippen molar-refractivity contribution >= 4 is 29.5 Å². The number of hydrogen-bond donors (Lipinski definition) is 1. The van der Waals surface area contributed by atoms with Crippen molar-refractivity contribution in [2.45, 2.75) is 25.9 Å². The van der Waals surface area contributed by atoms with Gasteiger partial charge in [-0.15, -0.1) is 0 Å². The SMILES string of the molecule is O=C(/C=C/c1cccc(Cl)c1)NCc1ccccc1-c1ccc(CN2CCCC2=O)cc1. The lowest BCUT2D eigenvalue weighted by atomic mass is 9.98. The monoisotopic (exact) mass is 444 g/mol. The van der Waals surface area contributed by atoms with Crippen molar-refractivity contribution in [3.05, 3.63) is 101 Å². The van der Waals surface area contributed by atoms with Crippen LogP contribution in [-0.4, -0.2) is 23.3 Å². The van der Waals surface area contributed by atoms with E-state index in [4.69, 9.17) is 11.6 Å². The molecule has 1 aliphatic heterocycles. The molecule has 32 heavy (non-hydrogen) atoms. The van der Waals surface area contributed by atoms with Crippen molar-refractivity contribution in [1.29, 1.82) is 0 Å². The molecule has 0 atom stereocenters. The Bertz CT molecular complexity index is 1140. The van der Waals surface area contributed by atoms with Crippen LogP contribution in [0.15, 0.2) is 78.9 Å². The molecule has 5 heteroatoms. The zero-order valence-electron chi connectivity index (χ0n) is 17.8. The first-order valence-corrected chi connectivity index (χ1v) is 11.1. The van der Waals surface area contributed by atoms with E-state index in [0.717, 1.165) is 40.8 Å². The molecule has 0 bridgehead atoms. The number of benzene rings is 3. The van der Waals surface area contributed by atoms with Crippen LogP contribution in [0.4, 0.5) is 0 Å². The fraction of sp³-hybridized carbons (Fsp3) is 0.185. The normalized spacial score (nSPS) is 13.7. The zero-order chi connectivity index (χ0) is 22.3. The van der Waals surface area contributed by atoms with E-state index < -0.39 is 0 Å². The number of nitrogens with one attached hydrogen (secondary N) is 1. The van der Waals surface area contributed by atoms with E-state index in [1.165, 1.54) is 6.08 Å². The molecule has 1 heterocycles. The molecule has 3 aromatic rings. The third-order valence-electron chi connectivity index (χ3n) is 5.56. The van der Waals surface area contributed by atoms with Crippen LogP contribution in [0, 0.1) is 0 Å². The molecule has 1 aliphatic rings. The van der Waals surface area contributed by atoms with Gasteiger partial charge in [0.2, 0.25) is 11.8 Å². The Labute approximate surface area is 193 Å². The summed E-state index contributed by atoms with van der Waals surface area (Å²) in [5, 5.41) is 3.59. The fourth-order valence-electron chi connectivity index (χ4n) is 3.86. The first-order valence-electron chi connectivity index (χ1n) is 10.7. The largest absolute Gasteiger partial charge is 0.348 e. The third-order valence-corrected chi connectivity index (χ3v) is 5.79. The smallest absolute Gasteiger partial charge is 0.244 e. The zero-order valence-corrected chi connectivity index (χ0v) is 18.5. The third kappa shape index (κ3) is 5.65. The van der Waals surface area contributed by atoms with E-state index in [2.05, 4.69) is 35.6 Å². The number of amides is 2. The summed E-state index contributed by atoms with van der Waals surface area (Å²) in [6.45, 7) is 1.93. The summed E-state index contributed by atoms with van der Waals surface area (Å²) in [4.78, 5) is 26.1. The Morgan fingerprint density at radius 3 is 2.59 bits per heavy atom. The number of rotatable bonds is 7. The molecule has 1 fully saturated rings. The number of likely N-dealkylation sites (tertiary alicyclic amines) is 1. The van der Waals surface area contributed by atoms with Gasteiger partial charge in [0.25, 0.3) is 0 Å². The summed E-state index contributed by atoms with van der Waals surface area (Å²) in [6, 6.07) is 23.7. The minimum atomic E-state index is -0.162. The van der Waals surface area contributed by atoms with Crippen LogP contribution in [-0.2, 0) is 22.7 Å². The highest BCUT2D eigenvalue weighted by molar-refractivity contribution is 6.30. The molecule has 4 rings (SSSR count). The molecular formula is C27H25ClN2O2. The van der Waals surface area contributed by atoms with Crippen LogP contribution in [0.5, 0.6) is 0 Å². The molecule has 0 aliphatic carbocycles. The maximum Gasteiger partial charge on any atom is 0.244 e. The van der Waals surface area contributed by atoms with Crippen LogP contribution < -0.4 is 5.32 Å². The lowest BCUT2D eigenvalue weighted by Gasteiger charge is -2.16. The van der Waals surface area contributed by atoms with E-state index in [1.54, 1.807) is 12.1 Å². The van der Waals surface area contributed by atoms with Gasteiger partial charge in [-0.05, 0) is 52.4 Å². The Balaban J connectivity index is 1.40. The molecule has 162 valence electrons. The van der Waals surface area contributed by atoms with E-state index in [9.17, 15) is 9.59 Å². The number of hydrogen-bond acceptors (Lipinski definition) is 2. The van der Waals surface area contributed by atoms with Gasteiger partial charge in [0.1, 0.15) is 0 Å². The van der Waals surface area contributed by atoms with Crippen molar-refractivity contribution < 1.29 is 9.59 Å². The Hall–Kier alpha value is -3.37. The van der Waals surface area contributed by atoms with Crippen LogP contribution in [0.2, 0.25) is 5.02 Å². The molecule has 1 N–H and O–H groups in total. The lowest BCUT2D eigenvalue weighted by molar-refractivity contribution is -0.128. The maximum atomic E-state index is 12.3. The van der Waals surface area contributed by atoms with Crippen molar-refractivity contribution in [3.8, 4) is 11.1 Å². The molecule has 0 aromatic heterocycles. The molecule has 0 radical (unpaired) electrons. The van der Waals surface area contributed by atoms with Gasteiger partial charge >= 0.3 is 0 Å². The Morgan fingerprint density at radius 2 is 1.84 bits per heavy atom. The second-order valence-electron chi connectivity index (χ2n) is 7.88. The van der Waals surface area contributed by atoms with Crippen LogP contribution in [0.25, 0.3) is 17.2 Å². The molecule has 3 aromatic carbocycles. The molecule has 1 saturated heterocycles. The van der Waals surface area contributed by atoms with Gasteiger partial charge in [0.05, 0.1) is 0 Å². The minimum absolute atomic E-state index is 0.162. The van der Waals surface area contributed by atoms with Gasteiger partial charge in [-0.25, -0.2) is 0 Å². The number of carbonyl (C=O) groups is 2. The number of halogens is 1. The van der Waals surface area contributed by atoms with Gasteiger partial charge < -0.3 is 10.2 Å². The maximum absolute atomic E-state index is 12.3. The highest BCUT2D eigenvalue weighted by Gasteiger charge is 2.19. The second kappa shape index (κ2) is 10.3. The molecule has 4 nitrogen and oxygen atoms in total. The highest BCUT2D eigenvalue weighted by Crippen LogP contribution is 2.25. The van der Waals surface area contributed by atoms with Crippen molar-refractivity contribution in [2.75, 3.05) is 6.54 Å². The van der Waals surface area contributed by atoms with Gasteiger partial charge in [-0.1, -0.05) is 72.3 Å².